The average molecular weight is 391 g/mol. The van der Waals surface area contributed by atoms with Gasteiger partial charge >= 0.3 is 0 Å². The summed E-state index contributed by atoms with van der Waals surface area (Å²) in [5.74, 6) is 0.982. The number of aliphatic hydroxyl groups excluding tert-OH is 2. The van der Waals surface area contributed by atoms with Crippen LogP contribution in [0.5, 0.6) is 5.75 Å². The zero-order valence-electron chi connectivity index (χ0n) is 16.2. The van der Waals surface area contributed by atoms with E-state index in [1.165, 1.54) is 0 Å². The topological polar surface area (TPSA) is 104 Å². The van der Waals surface area contributed by atoms with E-state index in [1.807, 2.05) is 13.8 Å². The lowest BCUT2D eigenvalue weighted by Gasteiger charge is -2.31. The summed E-state index contributed by atoms with van der Waals surface area (Å²) in [6.45, 7) is 3.91. The van der Waals surface area contributed by atoms with Crippen molar-refractivity contribution < 1.29 is 24.2 Å². The highest BCUT2D eigenvalue weighted by Crippen LogP contribution is 2.46. The summed E-state index contributed by atoms with van der Waals surface area (Å²) in [6.07, 6.45) is -0.524. The number of rotatable bonds is 5. The molecule has 6 nitrogen and oxygen atoms in total. The molecule has 1 heterocycles. The van der Waals surface area contributed by atoms with Gasteiger partial charge in [0.25, 0.3) is 0 Å². The Morgan fingerprint density at radius 1 is 1.24 bits per heavy atom. The molecule has 2 N–H and O–H groups in total. The third kappa shape index (κ3) is 3.09. The Morgan fingerprint density at radius 2 is 2.03 bits per heavy atom. The fraction of sp³-hybridized carbons (Fsp3) is 0.304. The van der Waals surface area contributed by atoms with Crippen molar-refractivity contribution in [1.82, 2.24) is 0 Å². The first kappa shape index (κ1) is 19.2. The zero-order chi connectivity index (χ0) is 20.8. The third-order valence-corrected chi connectivity index (χ3v) is 5.43. The van der Waals surface area contributed by atoms with Crippen molar-refractivity contribution >= 4 is 16.8 Å². The molecule has 148 valence electrons. The molecule has 4 rings (SSSR count). The maximum atomic E-state index is 13.3. The Morgan fingerprint density at radius 3 is 2.76 bits per heavy atom. The SMILES string of the molecule is CC1(C)c2cc(OC[C@@H](O)CCO)ccc2C(=O)c2c1oc1cc(C#N)ccc21. The third-order valence-electron chi connectivity index (χ3n) is 5.43. The number of carbonyl (C=O) groups excluding carboxylic acids is 1. The van der Waals surface area contributed by atoms with Gasteiger partial charge in [-0.25, -0.2) is 0 Å². The highest BCUT2D eigenvalue weighted by Gasteiger charge is 2.41. The predicted octanol–water partition coefficient (Wildman–Crippen LogP) is 3.30. The van der Waals surface area contributed by atoms with Crippen LogP contribution < -0.4 is 4.74 Å². The summed E-state index contributed by atoms with van der Waals surface area (Å²) in [7, 11) is 0. The molecule has 3 aromatic rings. The first-order chi connectivity index (χ1) is 13.9. The standard InChI is InChI=1S/C23H21NO5/c1-23(2)18-10-15(28-12-14(26)7-8-25)4-6-16(18)21(27)20-17-5-3-13(11-24)9-19(17)29-22(20)23/h3-6,9-10,14,25-26H,7-8,12H2,1-2H3/t14-/m0/s1. The van der Waals surface area contributed by atoms with Gasteiger partial charge in [-0.05, 0) is 62.2 Å². The number of nitrogens with zero attached hydrogens (tertiary/aromatic N) is 1. The van der Waals surface area contributed by atoms with E-state index >= 15 is 0 Å². The molecule has 0 unspecified atom stereocenters. The van der Waals surface area contributed by atoms with E-state index in [4.69, 9.17) is 19.5 Å². The van der Waals surface area contributed by atoms with Gasteiger partial charge in [0.15, 0.2) is 5.78 Å². The van der Waals surface area contributed by atoms with Crippen LogP contribution in [0.3, 0.4) is 0 Å². The molecule has 0 bridgehead atoms. The monoisotopic (exact) mass is 391 g/mol. The average Bonchev–Trinajstić information content (AvgIpc) is 3.11. The number of ether oxygens (including phenoxy) is 1. The molecule has 0 amide bonds. The zero-order valence-corrected chi connectivity index (χ0v) is 16.2. The molecule has 1 aromatic heterocycles. The number of nitriles is 1. The van der Waals surface area contributed by atoms with E-state index in [0.717, 1.165) is 5.56 Å². The smallest absolute Gasteiger partial charge is 0.197 e. The molecule has 0 radical (unpaired) electrons. The molecule has 0 spiro atoms. The summed E-state index contributed by atoms with van der Waals surface area (Å²) in [4.78, 5) is 13.3. The molecular formula is C23H21NO5. The van der Waals surface area contributed by atoms with E-state index in [-0.39, 0.29) is 25.4 Å². The second-order valence-corrected chi connectivity index (χ2v) is 7.77. The van der Waals surface area contributed by atoms with Crippen molar-refractivity contribution in [3.8, 4) is 11.8 Å². The minimum absolute atomic E-state index is 0.0561. The number of benzene rings is 2. The second kappa shape index (κ2) is 7.03. The minimum Gasteiger partial charge on any atom is -0.491 e. The molecule has 1 atom stereocenters. The molecule has 0 saturated heterocycles. The molecule has 2 aromatic carbocycles. The summed E-state index contributed by atoms with van der Waals surface area (Å²) < 4.78 is 11.7. The minimum atomic E-state index is -0.762. The number of carbonyl (C=O) groups is 1. The summed E-state index contributed by atoms with van der Waals surface area (Å²) >= 11 is 0. The molecular weight excluding hydrogens is 370 g/mol. The van der Waals surface area contributed by atoms with Crippen LogP contribution >= 0.6 is 0 Å². The Bertz CT molecular complexity index is 1150. The van der Waals surface area contributed by atoms with Crippen molar-refractivity contribution in [2.75, 3.05) is 13.2 Å². The lowest BCUT2D eigenvalue weighted by molar-refractivity contribution is 0.0820. The summed E-state index contributed by atoms with van der Waals surface area (Å²) in [5, 5.41) is 28.5. The maximum Gasteiger partial charge on any atom is 0.197 e. The molecule has 0 fully saturated rings. The lowest BCUT2D eigenvalue weighted by Crippen LogP contribution is -2.29. The van der Waals surface area contributed by atoms with Gasteiger partial charge in [0.2, 0.25) is 0 Å². The van der Waals surface area contributed by atoms with Crippen molar-refractivity contribution in [3.05, 3.63) is 64.4 Å². The second-order valence-electron chi connectivity index (χ2n) is 7.77. The van der Waals surface area contributed by atoms with Crippen LogP contribution in [0.1, 0.15) is 53.1 Å². The highest BCUT2D eigenvalue weighted by atomic mass is 16.5. The first-order valence-electron chi connectivity index (χ1n) is 9.45. The van der Waals surface area contributed by atoms with Crippen LogP contribution in [0.25, 0.3) is 11.0 Å². The quantitative estimate of drug-likeness (QED) is 0.692. The van der Waals surface area contributed by atoms with Gasteiger partial charge in [-0.2, -0.15) is 5.26 Å². The molecule has 29 heavy (non-hydrogen) atoms. The fourth-order valence-electron chi connectivity index (χ4n) is 3.84. The van der Waals surface area contributed by atoms with Gasteiger partial charge in [-0.1, -0.05) is 0 Å². The molecule has 0 saturated carbocycles. The van der Waals surface area contributed by atoms with Crippen LogP contribution in [0.2, 0.25) is 0 Å². The largest absolute Gasteiger partial charge is 0.491 e. The van der Waals surface area contributed by atoms with Gasteiger partial charge in [0.1, 0.15) is 23.7 Å². The molecule has 0 aliphatic heterocycles. The van der Waals surface area contributed by atoms with Crippen LogP contribution in [-0.4, -0.2) is 35.3 Å². The van der Waals surface area contributed by atoms with Crippen molar-refractivity contribution in [2.45, 2.75) is 31.8 Å². The van der Waals surface area contributed by atoms with E-state index in [9.17, 15) is 9.90 Å². The Hall–Kier alpha value is -3.14. The normalized spacial score (nSPS) is 15.5. The van der Waals surface area contributed by atoms with E-state index in [1.54, 1.807) is 36.4 Å². The number of fused-ring (bicyclic) bond motifs is 4. The number of hydrogen-bond donors (Lipinski definition) is 2. The number of ketones is 1. The van der Waals surface area contributed by atoms with Gasteiger partial charge in [-0.3, -0.25) is 4.79 Å². The van der Waals surface area contributed by atoms with Crippen molar-refractivity contribution in [1.29, 1.82) is 5.26 Å². The van der Waals surface area contributed by atoms with Crippen LogP contribution in [-0.2, 0) is 5.41 Å². The van der Waals surface area contributed by atoms with Gasteiger partial charge in [0.05, 0.1) is 23.3 Å². The fourth-order valence-corrected chi connectivity index (χ4v) is 3.84. The Labute approximate surface area is 167 Å². The molecule has 6 heteroatoms. The molecule has 1 aliphatic carbocycles. The predicted molar refractivity (Wildman–Crippen MR) is 106 cm³/mol. The Balaban J connectivity index is 1.77. The first-order valence-corrected chi connectivity index (χ1v) is 9.45. The number of aliphatic hydroxyl groups is 2. The van der Waals surface area contributed by atoms with Crippen molar-refractivity contribution in [2.24, 2.45) is 0 Å². The van der Waals surface area contributed by atoms with Crippen LogP contribution in [0, 0.1) is 11.3 Å². The maximum absolute atomic E-state index is 13.3. The van der Waals surface area contributed by atoms with Crippen LogP contribution in [0.4, 0.5) is 0 Å². The van der Waals surface area contributed by atoms with E-state index < -0.39 is 11.5 Å². The van der Waals surface area contributed by atoms with E-state index in [2.05, 4.69) is 6.07 Å². The number of hydrogen-bond acceptors (Lipinski definition) is 6. The molecule has 1 aliphatic rings. The number of furan rings is 1. The lowest BCUT2D eigenvalue weighted by atomic mass is 9.71. The van der Waals surface area contributed by atoms with Crippen LogP contribution in [0.15, 0.2) is 40.8 Å². The van der Waals surface area contributed by atoms with Crippen molar-refractivity contribution in [3.63, 3.8) is 0 Å². The summed E-state index contributed by atoms with van der Waals surface area (Å²) in [6, 6.07) is 12.4. The Kier molecular flexibility index (Phi) is 4.65. The highest BCUT2D eigenvalue weighted by molar-refractivity contribution is 6.19. The van der Waals surface area contributed by atoms with Gasteiger partial charge in [-0.15, -0.1) is 0 Å². The van der Waals surface area contributed by atoms with Gasteiger partial charge in [0, 0.05) is 23.0 Å². The summed E-state index contributed by atoms with van der Waals surface area (Å²) in [5.41, 5.74) is 2.30. The van der Waals surface area contributed by atoms with E-state index in [0.29, 0.717) is 39.2 Å². The van der Waals surface area contributed by atoms with Gasteiger partial charge < -0.3 is 19.4 Å².